The van der Waals surface area contributed by atoms with E-state index < -0.39 is 11.3 Å². The maximum atomic E-state index is 13.7. The normalized spacial score (nSPS) is 17.8. The summed E-state index contributed by atoms with van der Waals surface area (Å²) in [7, 11) is 0. The zero-order valence-electron chi connectivity index (χ0n) is 21.2. The van der Waals surface area contributed by atoms with E-state index in [0.717, 1.165) is 40.5 Å². The molecular formula is C31H27F3N2O3. The van der Waals surface area contributed by atoms with Gasteiger partial charge in [-0.1, -0.05) is 24.3 Å². The number of nitrogens with two attached hydrogens (primary N) is 1. The van der Waals surface area contributed by atoms with Gasteiger partial charge in [0.25, 0.3) is 11.8 Å². The van der Waals surface area contributed by atoms with Crippen LogP contribution in [0.5, 0.6) is 0 Å². The number of alkyl halides is 2. The van der Waals surface area contributed by atoms with E-state index in [2.05, 4.69) is 0 Å². The number of piperidine rings is 1. The summed E-state index contributed by atoms with van der Waals surface area (Å²) in [6, 6.07) is 19.1. The summed E-state index contributed by atoms with van der Waals surface area (Å²) in [5.41, 5.74) is 9.40. The highest BCUT2D eigenvalue weighted by Gasteiger charge is 2.49. The van der Waals surface area contributed by atoms with E-state index in [4.69, 9.17) is 10.2 Å². The van der Waals surface area contributed by atoms with Crippen molar-refractivity contribution >= 4 is 22.8 Å². The predicted octanol–water partition coefficient (Wildman–Crippen LogP) is 6.59. The van der Waals surface area contributed by atoms with Gasteiger partial charge in [-0.15, -0.1) is 0 Å². The summed E-state index contributed by atoms with van der Waals surface area (Å²) >= 11 is 0. The van der Waals surface area contributed by atoms with Crippen LogP contribution in [-0.2, 0) is 11.2 Å². The lowest BCUT2D eigenvalue weighted by atomic mass is 9.95. The van der Waals surface area contributed by atoms with Crippen LogP contribution in [0.15, 0.2) is 71.1 Å². The summed E-state index contributed by atoms with van der Waals surface area (Å²) < 4.78 is 46.9. The van der Waals surface area contributed by atoms with Crippen LogP contribution in [0, 0.1) is 11.2 Å². The molecule has 1 aliphatic heterocycles. The topological polar surface area (TPSA) is 76.5 Å². The van der Waals surface area contributed by atoms with Gasteiger partial charge in [0.05, 0.1) is 5.41 Å². The Balaban J connectivity index is 1.34. The first-order valence-electron chi connectivity index (χ1n) is 13.0. The SMILES string of the molecule is NC(=O)C1(Cc2cc3cc(-c4ccc(C(=O)N5CCC(F)(F)CC5)cc4)cc(-c4ccc(F)cc4)c3o2)CC1. The Labute approximate surface area is 223 Å². The molecule has 2 heterocycles. The molecule has 39 heavy (non-hydrogen) atoms. The number of likely N-dealkylation sites (tertiary alicyclic amines) is 1. The predicted molar refractivity (Wildman–Crippen MR) is 142 cm³/mol. The molecule has 2 N–H and O–H groups in total. The van der Waals surface area contributed by atoms with E-state index >= 15 is 0 Å². The average Bonchev–Trinajstić information content (AvgIpc) is 3.59. The van der Waals surface area contributed by atoms with E-state index in [1.807, 2.05) is 30.3 Å². The summed E-state index contributed by atoms with van der Waals surface area (Å²) in [6.45, 7) is 0.0658. The first kappa shape index (κ1) is 25.2. The van der Waals surface area contributed by atoms with Crippen molar-refractivity contribution in [3.8, 4) is 22.3 Å². The molecule has 0 bridgehead atoms. The van der Waals surface area contributed by atoms with Crippen LogP contribution in [0.25, 0.3) is 33.2 Å². The van der Waals surface area contributed by atoms with Crippen LogP contribution in [-0.4, -0.2) is 35.7 Å². The summed E-state index contributed by atoms with van der Waals surface area (Å²) in [5.74, 6) is -2.98. The van der Waals surface area contributed by atoms with Gasteiger partial charge in [0.2, 0.25) is 5.91 Å². The molecule has 2 aliphatic rings. The van der Waals surface area contributed by atoms with Crippen LogP contribution in [0.3, 0.4) is 0 Å². The molecule has 1 aromatic heterocycles. The highest BCUT2D eigenvalue weighted by Crippen LogP contribution is 2.49. The zero-order chi connectivity index (χ0) is 27.4. The maximum Gasteiger partial charge on any atom is 0.253 e. The summed E-state index contributed by atoms with van der Waals surface area (Å²) in [6.07, 6.45) is 1.25. The number of hydrogen-bond acceptors (Lipinski definition) is 3. The Morgan fingerprint density at radius 2 is 1.49 bits per heavy atom. The quantitative estimate of drug-likeness (QED) is 0.305. The van der Waals surface area contributed by atoms with Crippen molar-refractivity contribution in [1.82, 2.24) is 4.90 Å². The molecule has 0 atom stereocenters. The maximum absolute atomic E-state index is 13.7. The van der Waals surface area contributed by atoms with Gasteiger partial charge in [-0.2, -0.15) is 0 Å². The molecule has 5 nitrogen and oxygen atoms in total. The summed E-state index contributed by atoms with van der Waals surface area (Å²) in [4.78, 5) is 26.3. The van der Waals surface area contributed by atoms with Crippen molar-refractivity contribution in [2.45, 2.75) is 38.0 Å². The van der Waals surface area contributed by atoms with Crippen molar-refractivity contribution in [1.29, 1.82) is 0 Å². The number of rotatable bonds is 6. The van der Waals surface area contributed by atoms with Crippen LogP contribution in [0.2, 0.25) is 0 Å². The molecule has 1 saturated carbocycles. The minimum atomic E-state index is -2.71. The van der Waals surface area contributed by atoms with Crippen molar-refractivity contribution in [3.63, 3.8) is 0 Å². The molecule has 3 aromatic carbocycles. The highest BCUT2D eigenvalue weighted by atomic mass is 19.3. The van der Waals surface area contributed by atoms with Crippen LogP contribution < -0.4 is 5.73 Å². The number of primary amides is 1. The van der Waals surface area contributed by atoms with E-state index in [0.29, 0.717) is 23.3 Å². The largest absolute Gasteiger partial charge is 0.460 e. The monoisotopic (exact) mass is 532 g/mol. The van der Waals surface area contributed by atoms with Gasteiger partial charge in [0, 0.05) is 48.9 Å². The van der Waals surface area contributed by atoms with Gasteiger partial charge in [0.15, 0.2) is 0 Å². The number of amides is 2. The van der Waals surface area contributed by atoms with E-state index in [9.17, 15) is 22.8 Å². The van der Waals surface area contributed by atoms with Crippen molar-refractivity contribution in [2.75, 3.05) is 13.1 Å². The molecule has 6 rings (SSSR count). The molecule has 0 unspecified atom stereocenters. The number of fused-ring (bicyclic) bond motifs is 1. The van der Waals surface area contributed by atoms with E-state index in [1.54, 1.807) is 24.3 Å². The second-order valence-electron chi connectivity index (χ2n) is 10.7. The molecule has 2 fully saturated rings. The standard InChI is InChI=1S/C31H27F3N2O3/c32-24-7-5-20(6-8-24)26-17-22(15-23-16-25(39-27(23)26)18-30(9-10-30)29(35)38)19-1-3-21(4-2-19)28(37)36-13-11-31(33,34)12-14-36/h1-8,15-17H,9-14,18H2,(H2,35,38). The number of carbonyl (C=O) groups is 2. The van der Waals surface area contributed by atoms with Gasteiger partial charge in [-0.3, -0.25) is 9.59 Å². The van der Waals surface area contributed by atoms with Crippen LogP contribution in [0.4, 0.5) is 13.2 Å². The Morgan fingerprint density at radius 3 is 2.10 bits per heavy atom. The Bertz CT molecular complexity index is 1560. The minimum Gasteiger partial charge on any atom is -0.460 e. The third kappa shape index (κ3) is 4.91. The van der Waals surface area contributed by atoms with Crippen molar-refractivity contribution < 1.29 is 27.2 Å². The number of nitrogens with zero attached hydrogens (tertiary/aromatic N) is 1. The smallest absolute Gasteiger partial charge is 0.253 e. The number of carbonyl (C=O) groups excluding carboxylic acids is 2. The Kier molecular flexibility index (Phi) is 6.01. The minimum absolute atomic E-state index is 0.0329. The van der Waals surface area contributed by atoms with Gasteiger partial charge in [-0.25, -0.2) is 13.2 Å². The number of furan rings is 1. The molecule has 4 aromatic rings. The molecule has 1 aliphatic carbocycles. The van der Waals surface area contributed by atoms with Gasteiger partial charge in [-0.05, 0) is 72.0 Å². The van der Waals surface area contributed by atoms with Gasteiger partial charge >= 0.3 is 0 Å². The van der Waals surface area contributed by atoms with Crippen LogP contribution in [0.1, 0.15) is 41.8 Å². The highest BCUT2D eigenvalue weighted by molar-refractivity contribution is 5.98. The second-order valence-corrected chi connectivity index (χ2v) is 10.7. The van der Waals surface area contributed by atoms with Gasteiger partial charge < -0.3 is 15.1 Å². The van der Waals surface area contributed by atoms with Crippen molar-refractivity contribution in [2.24, 2.45) is 11.1 Å². The second kappa shape index (κ2) is 9.29. The van der Waals surface area contributed by atoms with E-state index in [1.165, 1.54) is 17.0 Å². The fraction of sp³-hybridized carbons (Fsp3) is 0.290. The lowest BCUT2D eigenvalue weighted by Crippen LogP contribution is -2.42. The number of hydrogen-bond donors (Lipinski definition) is 1. The third-order valence-electron chi connectivity index (χ3n) is 7.96. The summed E-state index contributed by atoms with van der Waals surface area (Å²) in [5, 5.41) is 0.830. The van der Waals surface area contributed by atoms with Crippen molar-refractivity contribution in [3.05, 3.63) is 83.9 Å². The average molecular weight is 533 g/mol. The number of benzene rings is 3. The lowest BCUT2D eigenvalue weighted by molar-refractivity contribution is -0.123. The Hall–Kier alpha value is -4.07. The molecule has 2 amide bonds. The van der Waals surface area contributed by atoms with Crippen LogP contribution >= 0.6 is 0 Å². The fourth-order valence-electron chi connectivity index (χ4n) is 5.32. The molecule has 200 valence electrons. The lowest BCUT2D eigenvalue weighted by Gasteiger charge is -2.31. The third-order valence-corrected chi connectivity index (χ3v) is 7.96. The van der Waals surface area contributed by atoms with Gasteiger partial charge in [0.1, 0.15) is 17.2 Å². The first-order chi connectivity index (χ1) is 18.6. The molecule has 0 spiro atoms. The molecule has 8 heteroatoms. The number of halogens is 3. The molecule has 1 saturated heterocycles. The molecule has 0 radical (unpaired) electrons. The Morgan fingerprint density at radius 1 is 0.846 bits per heavy atom. The van der Waals surface area contributed by atoms with E-state index in [-0.39, 0.29) is 43.6 Å². The zero-order valence-corrected chi connectivity index (χ0v) is 21.2. The fourth-order valence-corrected chi connectivity index (χ4v) is 5.32. The molecular weight excluding hydrogens is 505 g/mol. The first-order valence-corrected chi connectivity index (χ1v) is 13.0.